The highest BCUT2D eigenvalue weighted by molar-refractivity contribution is 5.67. The predicted octanol–water partition coefficient (Wildman–Crippen LogP) is 3.21. The second-order valence-corrected chi connectivity index (χ2v) is 4.63. The topological polar surface area (TPSA) is 40.5 Å². The molecule has 0 spiro atoms. The van der Waals surface area contributed by atoms with Gasteiger partial charge in [-0.2, -0.15) is 0 Å². The summed E-state index contributed by atoms with van der Waals surface area (Å²) in [4.78, 5) is 0. The molecule has 2 nitrogen and oxygen atoms in total. The van der Waals surface area contributed by atoms with Gasteiger partial charge in [-0.05, 0) is 60.2 Å². The van der Waals surface area contributed by atoms with Crippen molar-refractivity contribution in [3.8, 4) is 16.9 Å². The van der Waals surface area contributed by atoms with Crippen LogP contribution in [0.5, 0.6) is 5.75 Å². The van der Waals surface area contributed by atoms with Gasteiger partial charge in [0.15, 0.2) is 0 Å². The predicted molar refractivity (Wildman–Crippen MR) is 73.8 cm³/mol. The average Bonchev–Trinajstić information content (AvgIpc) is 2.36. The lowest BCUT2D eigenvalue weighted by Crippen LogP contribution is -1.91. The maximum Gasteiger partial charge on any atom is 0.121 e. The lowest BCUT2D eigenvalue weighted by Gasteiger charge is -2.09. The third-order valence-electron chi connectivity index (χ3n) is 3.15. The number of benzene rings is 2. The minimum absolute atomic E-state index is 0.164. The summed E-state index contributed by atoms with van der Waals surface area (Å²) in [7, 11) is 0. The summed E-state index contributed by atoms with van der Waals surface area (Å²) in [5.41, 5.74) is 5.11. The van der Waals surface area contributed by atoms with Gasteiger partial charge >= 0.3 is 0 Å². The fourth-order valence-corrected chi connectivity index (χ4v) is 2.16. The van der Waals surface area contributed by atoms with E-state index in [4.69, 9.17) is 5.11 Å². The molecule has 94 valence electrons. The number of aliphatic hydroxyl groups is 1. The molecule has 0 radical (unpaired) electrons. The molecule has 0 unspecified atom stereocenters. The summed E-state index contributed by atoms with van der Waals surface area (Å²) in [5.74, 6) is 0.366. The molecule has 0 atom stereocenters. The third kappa shape index (κ3) is 2.54. The van der Waals surface area contributed by atoms with Gasteiger partial charge in [-0.1, -0.05) is 24.3 Å². The quantitative estimate of drug-likeness (QED) is 0.867. The summed E-state index contributed by atoms with van der Waals surface area (Å²) in [5, 5.41) is 18.8. The Labute approximate surface area is 108 Å². The molecule has 0 saturated heterocycles. The molecular formula is C16H18O2. The van der Waals surface area contributed by atoms with E-state index in [1.165, 1.54) is 0 Å². The minimum Gasteiger partial charge on any atom is -0.507 e. The smallest absolute Gasteiger partial charge is 0.121 e. The maximum atomic E-state index is 9.78. The van der Waals surface area contributed by atoms with E-state index < -0.39 is 0 Å². The third-order valence-corrected chi connectivity index (χ3v) is 3.15. The van der Waals surface area contributed by atoms with E-state index >= 15 is 0 Å². The standard InChI is InChI=1S/C16H18O2/c1-11-8-15(9-12(2)16(11)18)14-5-3-4-13(10-14)6-7-17/h3-5,8-10,17-18H,6-7H2,1-2H3. The largest absolute Gasteiger partial charge is 0.507 e. The molecule has 0 aliphatic heterocycles. The number of aromatic hydroxyl groups is 1. The molecule has 2 heteroatoms. The Morgan fingerprint density at radius 2 is 1.61 bits per heavy atom. The van der Waals surface area contributed by atoms with Gasteiger partial charge in [-0.15, -0.1) is 0 Å². The zero-order valence-corrected chi connectivity index (χ0v) is 10.8. The molecule has 0 aliphatic carbocycles. The van der Waals surface area contributed by atoms with Gasteiger partial charge in [-0.3, -0.25) is 0 Å². The fraction of sp³-hybridized carbons (Fsp3) is 0.250. The van der Waals surface area contributed by atoms with Gasteiger partial charge in [0.1, 0.15) is 5.75 Å². The fourth-order valence-electron chi connectivity index (χ4n) is 2.16. The minimum atomic E-state index is 0.164. The maximum absolute atomic E-state index is 9.78. The van der Waals surface area contributed by atoms with Crippen LogP contribution in [0.3, 0.4) is 0 Å². The van der Waals surface area contributed by atoms with Crippen LogP contribution >= 0.6 is 0 Å². The molecule has 2 rings (SSSR count). The first-order valence-corrected chi connectivity index (χ1v) is 6.12. The summed E-state index contributed by atoms with van der Waals surface area (Å²) >= 11 is 0. The van der Waals surface area contributed by atoms with Crippen molar-refractivity contribution in [3.63, 3.8) is 0 Å². The molecule has 0 aromatic heterocycles. The van der Waals surface area contributed by atoms with E-state index in [9.17, 15) is 5.11 Å². The molecule has 2 aromatic carbocycles. The lowest BCUT2D eigenvalue weighted by atomic mass is 9.98. The highest BCUT2D eigenvalue weighted by Crippen LogP contribution is 2.29. The Kier molecular flexibility index (Phi) is 3.68. The Balaban J connectivity index is 2.45. The zero-order chi connectivity index (χ0) is 13.1. The van der Waals surface area contributed by atoms with Crippen LogP contribution in [0.2, 0.25) is 0 Å². The molecule has 2 aromatic rings. The Morgan fingerprint density at radius 1 is 0.944 bits per heavy atom. The van der Waals surface area contributed by atoms with Crippen molar-refractivity contribution in [1.29, 1.82) is 0 Å². The van der Waals surface area contributed by atoms with Gasteiger partial charge < -0.3 is 10.2 Å². The molecule has 2 N–H and O–H groups in total. The van der Waals surface area contributed by atoms with Crippen molar-refractivity contribution >= 4 is 0 Å². The number of aliphatic hydroxyl groups excluding tert-OH is 1. The highest BCUT2D eigenvalue weighted by atomic mass is 16.3. The molecule has 0 bridgehead atoms. The van der Waals surface area contributed by atoms with Gasteiger partial charge in [0.25, 0.3) is 0 Å². The zero-order valence-electron chi connectivity index (χ0n) is 10.8. The van der Waals surface area contributed by atoms with Crippen molar-refractivity contribution < 1.29 is 10.2 Å². The monoisotopic (exact) mass is 242 g/mol. The normalized spacial score (nSPS) is 10.6. The number of hydrogen-bond acceptors (Lipinski definition) is 2. The van der Waals surface area contributed by atoms with Crippen LogP contribution in [0.15, 0.2) is 36.4 Å². The van der Waals surface area contributed by atoms with Gasteiger partial charge in [-0.25, -0.2) is 0 Å². The van der Waals surface area contributed by atoms with Crippen LogP contribution in [-0.2, 0) is 6.42 Å². The number of phenols is 1. The Bertz CT molecular complexity index is 536. The molecule has 0 fully saturated rings. The van der Waals surface area contributed by atoms with Gasteiger partial charge in [0.2, 0.25) is 0 Å². The number of aryl methyl sites for hydroxylation is 2. The SMILES string of the molecule is Cc1cc(-c2cccc(CCO)c2)cc(C)c1O. The van der Waals surface area contributed by atoms with Gasteiger partial charge in [0, 0.05) is 6.61 Å². The summed E-state index contributed by atoms with van der Waals surface area (Å²) in [6, 6.07) is 12.1. The summed E-state index contributed by atoms with van der Waals surface area (Å²) < 4.78 is 0. The van der Waals surface area contributed by atoms with Crippen LogP contribution < -0.4 is 0 Å². The van der Waals surface area contributed by atoms with E-state index in [1.54, 1.807) is 0 Å². The molecule has 18 heavy (non-hydrogen) atoms. The molecular weight excluding hydrogens is 224 g/mol. The second-order valence-electron chi connectivity index (χ2n) is 4.63. The lowest BCUT2D eigenvalue weighted by molar-refractivity contribution is 0.299. The van der Waals surface area contributed by atoms with Crippen LogP contribution in [0.1, 0.15) is 16.7 Å². The number of hydrogen-bond donors (Lipinski definition) is 2. The van der Waals surface area contributed by atoms with Crippen LogP contribution in [0.25, 0.3) is 11.1 Å². The molecule has 0 saturated carbocycles. The van der Waals surface area contributed by atoms with Crippen LogP contribution in [-0.4, -0.2) is 16.8 Å². The summed E-state index contributed by atoms with van der Waals surface area (Å²) in [6.45, 7) is 3.98. The summed E-state index contributed by atoms with van der Waals surface area (Å²) in [6.07, 6.45) is 0.671. The van der Waals surface area contributed by atoms with E-state index in [0.29, 0.717) is 12.2 Å². The Hall–Kier alpha value is -1.80. The van der Waals surface area contributed by atoms with E-state index in [2.05, 4.69) is 6.07 Å². The molecule has 0 amide bonds. The van der Waals surface area contributed by atoms with Crippen LogP contribution in [0, 0.1) is 13.8 Å². The van der Waals surface area contributed by atoms with E-state index in [-0.39, 0.29) is 6.61 Å². The first kappa shape index (κ1) is 12.7. The highest BCUT2D eigenvalue weighted by Gasteiger charge is 2.05. The number of rotatable bonds is 3. The van der Waals surface area contributed by atoms with E-state index in [1.807, 2.05) is 44.2 Å². The molecule has 0 aliphatic rings. The first-order valence-electron chi connectivity index (χ1n) is 6.12. The van der Waals surface area contributed by atoms with Crippen molar-refractivity contribution in [2.45, 2.75) is 20.3 Å². The Morgan fingerprint density at radius 3 is 2.22 bits per heavy atom. The van der Waals surface area contributed by atoms with Crippen molar-refractivity contribution in [2.75, 3.05) is 6.61 Å². The van der Waals surface area contributed by atoms with Crippen molar-refractivity contribution in [2.24, 2.45) is 0 Å². The van der Waals surface area contributed by atoms with Crippen molar-refractivity contribution in [1.82, 2.24) is 0 Å². The van der Waals surface area contributed by atoms with Crippen LogP contribution in [0.4, 0.5) is 0 Å². The first-order chi connectivity index (χ1) is 8.61. The molecule has 0 heterocycles. The van der Waals surface area contributed by atoms with Gasteiger partial charge in [0.05, 0.1) is 0 Å². The average molecular weight is 242 g/mol. The second kappa shape index (κ2) is 5.23. The number of phenolic OH excluding ortho intramolecular Hbond substituents is 1. The van der Waals surface area contributed by atoms with E-state index in [0.717, 1.165) is 27.8 Å². The van der Waals surface area contributed by atoms with Crippen molar-refractivity contribution in [3.05, 3.63) is 53.1 Å².